The molecular weight excluding hydrogens is 576 g/mol. The summed E-state index contributed by atoms with van der Waals surface area (Å²) >= 11 is 0. The molecule has 4 amide bonds. The van der Waals surface area contributed by atoms with E-state index in [4.69, 9.17) is 0 Å². The van der Waals surface area contributed by atoms with Crippen molar-refractivity contribution in [1.82, 2.24) is 9.80 Å². The summed E-state index contributed by atoms with van der Waals surface area (Å²) in [6.45, 7) is 7.85. The molecule has 0 fully saturated rings. The van der Waals surface area contributed by atoms with Crippen molar-refractivity contribution in [2.75, 3.05) is 0 Å². The summed E-state index contributed by atoms with van der Waals surface area (Å²) in [5, 5.41) is 25.2. The lowest BCUT2D eigenvalue weighted by atomic mass is 9.79. The number of carbonyl (C=O) groups is 4. The molecule has 8 nitrogen and oxygen atoms in total. The van der Waals surface area contributed by atoms with E-state index in [-0.39, 0.29) is 46.2 Å². The summed E-state index contributed by atoms with van der Waals surface area (Å²) in [6, 6.07) is 14.0. The van der Waals surface area contributed by atoms with E-state index >= 15 is 0 Å². The topological polar surface area (TPSA) is 122 Å². The number of carbonyl (C=O) groups excluding carboxylic acids is 4. The van der Waals surface area contributed by atoms with E-state index in [2.05, 4.69) is 26.0 Å². The maximum atomic E-state index is 14.0. The van der Waals surface area contributed by atoms with Crippen molar-refractivity contribution in [3.63, 3.8) is 0 Å². The van der Waals surface area contributed by atoms with Crippen molar-refractivity contribution >= 4 is 66.7 Å². The molecule has 0 saturated heterocycles. The number of nitrogens with zero attached hydrogens (tertiary/aromatic N) is 4. The number of amides is 4. The summed E-state index contributed by atoms with van der Waals surface area (Å²) in [6.07, 6.45) is 4.94. The standard InChI is InChI=1S/C38H32N4O4/c1-5-7-9-19(3)41-35(43)25-13-11-23-30-22(18-40)16-28-32-26(36(44)42(38(28)46)20(4)10-8-6-2)14-12-24(34(30)32)29-21(17-39)15-27(37(41)45)31(25)33(23)29/h11-16,19-20H,5-10H2,1-4H3/t19-,20-/m0/s1. The van der Waals surface area contributed by atoms with Gasteiger partial charge in [-0.3, -0.25) is 29.0 Å². The van der Waals surface area contributed by atoms with Gasteiger partial charge in [0.1, 0.15) is 0 Å². The molecule has 46 heavy (non-hydrogen) atoms. The van der Waals surface area contributed by atoms with Gasteiger partial charge in [-0.15, -0.1) is 0 Å². The lowest BCUT2D eigenvalue weighted by Gasteiger charge is -2.34. The number of nitriles is 2. The molecule has 0 N–H and O–H groups in total. The van der Waals surface area contributed by atoms with E-state index in [1.165, 1.54) is 9.80 Å². The van der Waals surface area contributed by atoms with Crippen molar-refractivity contribution in [2.24, 2.45) is 0 Å². The van der Waals surface area contributed by atoms with Crippen molar-refractivity contribution < 1.29 is 19.2 Å². The van der Waals surface area contributed by atoms with Crippen molar-refractivity contribution in [1.29, 1.82) is 10.5 Å². The molecular formula is C38H32N4O4. The average molecular weight is 609 g/mol. The van der Waals surface area contributed by atoms with Gasteiger partial charge < -0.3 is 0 Å². The molecule has 228 valence electrons. The van der Waals surface area contributed by atoms with Gasteiger partial charge >= 0.3 is 0 Å². The molecule has 0 aliphatic carbocycles. The Balaban J connectivity index is 1.59. The van der Waals surface area contributed by atoms with Gasteiger partial charge in [0.25, 0.3) is 23.6 Å². The van der Waals surface area contributed by atoms with E-state index in [0.29, 0.717) is 67.1 Å². The molecule has 0 aromatic heterocycles. The van der Waals surface area contributed by atoms with Crippen LogP contribution in [0.25, 0.3) is 43.1 Å². The second kappa shape index (κ2) is 10.6. The number of unbranched alkanes of at least 4 members (excludes halogenated alkanes) is 2. The summed E-state index contributed by atoms with van der Waals surface area (Å²) in [5.41, 5.74) is 1.80. The third kappa shape index (κ3) is 3.77. The van der Waals surface area contributed by atoms with Crippen LogP contribution in [0.15, 0.2) is 36.4 Å². The molecule has 0 saturated carbocycles. The first kappa shape index (κ1) is 29.4. The molecule has 8 heteroatoms. The Morgan fingerprint density at radius 2 is 0.935 bits per heavy atom. The van der Waals surface area contributed by atoms with Crippen LogP contribution >= 0.6 is 0 Å². The summed E-state index contributed by atoms with van der Waals surface area (Å²) in [5.74, 6) is -1.64. The smallest absolute Gasteiger partial charge is 0.261 e. The molecule has 2 aliphatic rings. The van der Waals surface area contributed by atoms with Crippen molar-refractivity contribution in [2.45, 2.75) is 78.3 Å². The minimum atomic E-state index is -0.439. The van der Waals surface area contributed by atoms with Gasteiger partial charge in [-0.1, -0.05) is 51.7 Å². The number of hydrogen-bond donors (Lipinski definition) is 0. The Morgan fingerprint density at radius 1 is 0.565 bits per heavy atom. The van der Waals surface area contributed by atoms with E-state index < -0.39 is 11.8 Å². The van der Waals surface area contributed by atoms with Crippen LogP contribution in [0, 0.1) is 22.7 Å². The maximum Gasteiger partial charge on any atom is 0.261 e. The fourth-order valence-electron chi connectivity index (χ4n) is 7.74. The summed E-state index contributed by atoms with van der Waals surface area (Å²) in [7, 11) is 0. The van der Waals surface area contributed by atoms with E-state index in [0.717, 1.165) is 25.7 Å². The van der Waals surface area contributed by atoms with Crippen molar-refractivity contribution in [3.05, 3.63) is 69.8 Å². The predicted molar refractivity (Wildman–Crippen MR) is 176 cm³/mol. The third-order valence-corrected chi connectivity index (χ3v) is 9.97. The average Bonchev–Trinajstić information content (AvgIpc) is 3.06. The molecule has 5 aromatic rings. The Bertz CT molecular complexity index is 2130. The van der Waals surface area contributed by atoms with Crippen LogP contribution in [0.2, 0.25) is 0 Å². The largest absolute Gasteiger partial charge is 0.272 e. The summed E-state index contributed by atoms with van der Waals surface area (Å²) < 4.78 is 0. The first-order chi connectivity index (χ1) is 22.2. The SMILES string of the molecule is CCCC[C@H](C)N1C(=O)c2ccc3c4c(C#N)cc5c6c(ccc(c7c(C#N)cc(c2c37)C1=O)c64)C(=O)N([C@@H](C)CCCC)C5=O. The quantitative estimate of drug-likeness (QED) is 0.101. The Labute approximate surface area is 266 Å². The zero-order valence-corrected chi connectivity index (χ0v) is 26.3. The molecule has 0 spiro atoms. The highest BCUT2D eigenvalue weighted by Gasteiger charge is 2.40. The lowest BCUT2D eigenvalue weighted by molar-refractivity contribution is 0.0527. The first-order valence-corrected chi connectivity index (χ1v) is 16.0. The minimum Gasteiger partial charge on any atom is -0.272 e. The van der Waals surface area contributed by atoms with Crippen LogP contribution < -0.4 is 0 Å². The van der Waals surface area contributed by atoms with Crippen LogP contribution in [0.4, 0.5) is 0 Å². The molecule has 2 atom stereocenters. The fraction of sp³-hybridized carbons (Fsp3) is 0.316. The zero-order chi connectivity index (χ0) is 32.6. The molecule has 0 radical (unpaired) electrons. The monoisotopic (exact) mass is 608 g/mol. The molecule has 0 bridgehead atoms. The van der Waals surface area contributed by atoms with Gasteiger partial charge in [0.05, 0.1) is 34.4 Å². The Morgan fingerprint density at radius 3 is 1.28 bits per heavy atom. The second-order valence-electron chi connectivity index (χ2n) is 12.7. The van der Waals surface area contributed by atoms with Crippen LogP contribution in [-0.2, 0) is 0 Å². The van der Waals surface area contributed by atoms with Gasteiger partial charge in [0, 0.05) is 55.5 Å². The molecule has 2 heterocycles. The number of benzene rings is 5. The van der Waals surface area contributed by atoms with Crippen LogP contribution in [0.3, 0.4) is 0 Å². The molecule has 7 rings (SSSR count). The van der Waals surface area contributed by atoms with Gasteiger partial charge in [0.15, 0.2) is 0 Å². The normalized spacial score (nSPS) is 15.8. The van der Waals surface area contributed by atoms with Gasteiger partial charge in [-0.2, -0.15) is 10.5 Å². The van der Waals surface area contributed by atoms with E-state index in [1.54, 1.807) is 36.4 Å². The number of hydrogen-bond acceptors (Lipinski definition) is 6. The maximum absolute atomic E-state index is 14.0. The number of imide groups is 2. The van der Waals surface area contributed by atoms with Crippen LogP contribution in [0.1, 0.15) is 119 Å². The highest BCUT2D eigenvalue weighted by molar-refractivity contribution is 6.42. The van der Waals surface area contributed by atoms with Gasteiger partial charge in [0.2, 0.25) is 0 Å². The number of rotatable bonds is 8. The predicted octanol–water partition coefficient (Wildman–Crippen LogP) is 7.83. The number of fused-ring (bicyclic) bond motifs is 2. The van der Waals surface area contributed by atoms with Crippen LogP contribution in [-0.4, -0.2) is 45.5 Å². The van der Waals surface area contributed by atoms with E-state index in [1.807, 2.05) is 13.8 Å². The van der Waals surface area contributed by atoms with Crippen molar-refractivity contribution in [3.8, 4) is 12.1 Å². The Kier molecular flexibility index (Phi) is 6.79. The van der Waals surface area contributed by atoms with E-state index in [9.17, 15) is 29.7 Å². The van der Waals surface area contributed by atoms with Gasteiger partial charge in [-0.05, 0) is 61.7 Å². The molecule has 5 aromatic carbocycles. The fourth-order valence-corrected chi connectivity index (χ4v) is 7.74. The lowest BCUT2D eigenvalue weighted by Crippen LogP contribution is -2.46. The first-order valence-electron chi connectivity index (χ1n) is 16.0. The molecule has 2 aliphatic heterocycles. The zero-order valence-electron chi connectivity index (χ0n) is 26.3. The third-order valence-electron chi connectivity index (χ3n) is 9.97. The second-order valence-corrected chi connectivity index (χ2v) is 12.7. The minimum absolute atomic E-state index is 0.248. The van der Waals surface area contributed by atoms with Gasteiger partial charge in [-0.25, -0.2) is 0 Å². The highest BCUT2D eigenvalue weighted by atomic mass is 16.2. The summed E-state index contributed by atoms with van der Waals surface area (Å²) in [4.78, 5) is 58.5. The van der Waals surface area contributed by atoms with Crippen LogP contribution in [0.5, 0.6) is 0 Å². The molecule has 0 unspecified atom stereocenters. The highest BCUT2D eigenvalue weighted by Crippen LogP contribution is 2.48. The Hall–Kier alpha value is -5.34.